The fourth-order valence-electron chi connectivity index (χ4n) is 3.80. The van der Waals surface area contributed by atoms with E-state index in [2.05, 4.69) is 17.4 Å². The Kier molecular flexibility index (Phi) is 5.81. The number of amides is 1. The van der Waals surface area contributed by atoms with Crippen LogP contribution in [-0.4, -0.2) is 45.4 Å². The Morgan fingerprint density at radius 3 is 2.68 bits per heavy atom. The number of hydrogen-bond acceptors (Lipinski definition) is 5. The molecule has 1 unspecified atom stereocenters. The van der Waals surface area contributed by atoms with Gasteiger partial charge in [-0.1, -0.05) is 18.9 Å². The Labute approximate surface area is 149 Å². The van der Waals surface area contributed by atoms with Gasteiger partial charge in [0.05, 0.1) is 12.5 Å². The van der Waals surface area contributed by atoms with Gasteiger partial charge in [-0.25, -0.2) is 0 Å². The van der Waals surface area contributed by atoms with Gasteiger partial charge in [0.1, 0.15) is 13.2 Å². The van der Waals surface area contributed by atoms with Crippen LogP contribution < -0.4 is 20.5 Å². The molecule has 1 aliphatic heterocycles. The Morgan fingerprint density at radius 1 is 1.28 bits per heavy atom. The number of rotatable bonds is 7. The molecule has 1 fully saturated rings. The van der Waals surface area contributed by atoms with Gasteiger partial charge in [-0.2, -0.15) is 0 Å². The zero-order valence-electron chi connectivity index (χ0n) is 14.9. The smallest absolute Gasteiger partial charge is 0.222 e. The third-order valence-electron chi connectivity index (χ3n) is 5.35. The number of hydrogen-bond donors (Lipinski definition) is 2. The maximum absolute atomic E-state index is 12.2. The van der Waals surface area contributed by atoms with Crippen LogP contribution in [0.1, 0.15) is 37.7 Å². The molecule has 1 aliphatic carbocycles. The number of methoxy groups -OCH3 is 1. The quantitative estimate of drug-likeness (QED) is 0.784. The predicted octanol–water partition coefficient (Wildman–Crippen LogP) is 1.75. The van der Waals surface area contributed by atoms with Gasteiger partial charge in [0, 0.05) is 25.6 Å². The van der Waals surface area contributed by atoms with Gasteiger partial charge in [0.25, 0.3) is 0 Å². The van der Waals surface area contributed by atoms with Crippen molar-refractivity contribution in [3.05, 3.63) is 23.8 Å². The molecule has 0 saturated heterocycles. The summed E-state index contributed by atoms with van der Waals surface area (Å²) in [5.41, 5.74) is 6.79. The summed E-state index contributed by atoms with van der Waals surface area (Å²) in [6.45, 7) is 2.15. The van der Waals surface area contributed by atoms with Crippen LogP contribution in [0.3, 0.4) is 0 Å². The lowest BCUT2D eigenvalue weighted by atomic mass is 9.78. The molecule has 0 aromatic heterocycles. The molecule has 1 aromatic carbocycles. The average molecular weight is 348 g/mol. The highest BCUT2D eigenvalue weighted by atomic mass is 16.6. The zero-order chi connectivity index (χ0) is 17.7. The standard InChI is InChI=1S/C19H28N2O4/c1-23-15(12-20)11-18(22)21-13-19(6-2-3-7-19)14-4-5-16-17(10-14)25-9-8-24-16/h4-5,10,15H,2-3,6-9,11-13,20H2,1H3,(H,21,22). The summed E-state index contributed by atoms with van der Waals surface area (Å²) >= 11 is 0. The normalized spacial score (nSPS) is 19.4. The molecular weight excluding hydrogens is 320 g/mol. The summed E-state index contributed by atoms with van der Waals surface area (Å²) < 4.78 is 16.6. The second-order valence-electron chi connectivity index (χ2n) is 6.92. The SMILES string of the molecule is COC(CN)CC(=O)NCC1(c2ccc3c(c2)OCCO3)CCCC1. The third kappa shape index (κ3) is 4.07. The first-order valence-corrected chi connectivity index (χ1v) is 9.06. The second kappa shape index (κ2) is 8.06. The van der Waals surface area contributed by atoms with Crippen molar-refractivity contribution >= 4 is 5.91 Å². The molecule has 1 amide bonds. The fourth-order valence-corrected chi connectivity index (χ4v) is 3.80. The maximum Gasteiger partial charge on any atom is 0.222 e. The lowest BCUT2D eigenvalue weighted by Gasteiger charge is -2.31. The van der Waals surface area contributed by atoms with Gasteiger partial charge in [-0.15, -0.1) is 0 Å². The van der Waals surface area contributed by atoms with Crippen molar-refractivity contribution in [1.82, 2.24) is 5.32 Å². The second-order valence-corrected chi connectivity index (χ2v) is 6.92. The topological polar surface area (TPSA) is 82.8 Å². The van der Waals surface area contributed by atoms with Crippen molar-refractivity contribution in [2.75, 3.05) is 33.4 Å². The number of ether oxygens (including phenoxy) is 3. The Hall–Kier alpha value is -1.79. The van der Waals surface area contributed by atoms with Crippen LogP contribution in [0.5, 0.6) is 11.5 Å². The van der Waals surface area contributed by atoms with E-state index in [1.54, 1.807) is 7.11 Å². The van der Waals surface area contributed by atoms with E-state index in [9.17, 15) is 4.79 Å². The molecule has 138 valence electrons. The van der Waals surface area contributed by atoms with E-state index in [4.69, 9.17) is 19.9 Å². The van der Waals surface area contributed by atoms with Crippen LogP contribution in [0.15, 0.2) is 18.2 Å². The number of carbonyl (C=O) groups excluding carboxylic acids is 1. The number of nitrogens with one attached hydrogen (secondary N) is 1. The van der Waals surface area contributed by atoms with Crippen LogP contribution in [-0.2, 0) is 14.9 Å². The van der Waals surface area contributed by atoms with E-state index in [0.29, 0.717) is 32.7 Å². The lowest BCUT2D eigenvalue weighted by molar-refractivity contribution is -0.123. The van der Waals surface area contributed by atoms with Crippen LogP contribution in [0.4, 0.5) is 0 Å². The molecule has 2 aliphatic rings. The van der Waals surface area contributed by atoms with E-state index in [1.807, 2.05) is 6.07 Å². The first-order chi connectivity index (χ1) is 12.2. The highest BCUT2D eigenvalue weighted by Gasteiger charge is 2.36. The predicted molar refractivity (Wildman–Crippen MR) is 95.1 cm³/mol. The minimum atomic E-state index is -0.228. The van der Waals surface area contributed by atoms with E-state index >= 15 is 0 Å². The van der Waals surface area contributed by atoms with Gasteiger partial charge in [-0.3, -0.25) is 4.79 Å². The van der Waals surface area contributed by atoms with E-state index in [-0.39, 0.29) is 17.4 Å². The summed E-state index contributed by atoms with van der Waals surface area (Å²) in [4.78, 5) is 12.2. The van der Waals surface area contributed by atoms with Crippen molar-refractivity contribution in [3.8, 4) is 11.5 Å². The van der Waals surface area contributed by atoms with Crippen LogP contribution in [0.25, 0.3) is 0 Å². The fraction of sp³-hybridized carbons (Fsp3) is 0.632. The number of fused-ring (bicyclic) bond motifs is 1. The number of nitrogens with two attached hydrogens (primary N) is 1. The largest absolute Gasteiger partial charge is 0.486 e. The summed E-state index contributed by atoms with van der Waals surface area (Å²) in [7, 11) is 1.58. The Morgan fingerprint density at radius 2 is 2.00 bits per heavy atom. The molecule has 1 atom stereocenters. The maximum atomic E-state index is 12.2. The van der Waals surface area contributed by atoms with Gasteiger partial charge in [0.2, 0.25) is 5.91 Å². The van der Waals surface area contributed by atoms with Crippen LogP contribution >= 0.6 is 0 Å². The molecule has 6 heteroatoms. The first-order valence-electron chi connectivity index (χ1n) is 9.06. The van der Waals surface area contributed by atoms with E-state index < -0.39 is 0 Å². The molecule has 3 rings (SSSR count). The minimum Gasteiger partial charge on any atom is -0.486 e. The van der Waals surface area contributed by atoms with Gasteiger partial charge >= 0.3 is 0 Å². The lowest BCUT2D eigenvalue weighted by Crippen LogP contribution is -2.41. The highest BCUT2D eigenvalue weighted by molar-refractivity contribution is 5.76. The number of benzene rings is 1. The molecule has 1 heterocycles. The molecular formula is C19H28N2O4. The van der Waals surface area contributed by atoms with Gasteiger partial charge in [0.15, 0.2) is 11.5 Å². The van der Waals surface area contributed by atoms with Gasteiger partial charge < -0.3 is 25.3 Å². The monoisotopic (exact) mass is 348 g/mol. The molecule has 0 spiro atoms. The third-order valence-corrected chi connectivity index (χ3v) is 5.35. The Balaban J connectivity index is 1.70. The highest BCUT2D eigenvalue weighted by Crippen LogP contribution is 2.43. The summed E-state index contributed by atoms with van der Waals surface area (Å²) in [5, 5.41) is 3.10. The van der Waals surface area contributed by atoms with Crippen LogP contribution in [0.2, 0.25) is 0 Å². The molecule has 25 heavy (non-hydrogen) atoms. The van der Waals surface area contributed by atoms with Crippen molar-refractivity contribution in [1.29, 1.82) is 0 Å². The minimum absolute atomic E-state index is 0.0129. The first kappa shape index (κ1) is 18.0. The van der Waals surface area contributed by atoms with Crippen LogP contribution in [0, 0.1) is 0 Å². The average Bonchev–Trinajstić information content (AvgIpc) is 3.14. The van der Waals surface area contributed by atoms with Gasteiger partial charge in [-0.05, 0) is 30.5 Å². The van der Waals surface area contributed by atoms with Crippen molar-refractivity contribution in [2.45, 2.75) is 43.6 Å². The summed E-state index contributed by atoms with van der Waals surface area (Å²) in [5.74, 6) is 1.60. The van der Waals surface area contributed by atoms with E-state index in [1.165, 1.54) is 18.4 Å². The molecule has 1 saturated carbocycles. The molecule has 3 N–H and O–H groups in total. The van der Waals surface area contributed by atoms with Crippen molar-refractivity contribution in [3.63, 3.8) is 0 Å². The Bertz CT molecular complexity index is 595. The molecule has 0 bridgehead atoms. The zero-order valence-corrected chi connectivity index (χ0v) is 14.9. The number of carbonyl (C=O) groups is 1. The molecule has 1 aromatic rings. The van der Waals surface area contributed by atoms with Crippen molar-refractivity contribution in [2.24, 2.45) is 5.73 Å². The van der Waals surface area contributed by atoms with Crippen molar-refractivity contribution < 1.29 is 19.0 Å². The van der Waals surface area contributed by atoms with E-state index in [0.717, 1.165) is 24.3 Å². The molecule has 0 radical (unpaired) electrons. The summed E-state index contributed by atoms with van der Waals surface area (Å²) in [6.07, 6.45) is 4.55. The summed E-state index contributed by atoms with van der Waals surface area (Å²) in [6, 6.07) is 6.19. The molecule has 6 nitrogen and oxygen atoms in total.